The van der Waals surface area contributed by atoms with E-state index in [2.05, 4.69) is 36.7 Å². The number of hydrogen-bond acceptors (Lipinski definition) is 6. The zero-order chi connectivity index (χ0) is 30.7. The van der Waals surface area contributed by atoms with E-state index >= 15 is 0 Å². The number of carbonyl (C=O) groups is 3. The van der Waals surface area contributed by atoms with Gasteiger partial charge in [0.15, 0.2) is 5.69 Å². The molecule has 0 radical (unpaired) electrons. The molecular formula is C29H26ClF2N7O4. The van der Waals surface area contributed by atoms with Crippen molar-refractivity contribution in [1.82, 2.24) is 20.2 Å². The number of methoxy groups -OCH3 is 1. The van der Waals surface area contributed by atoms with Crippen LogP contribution in [0.4, 0.5) is 29.7 Å². The third-order valence-corrected chi connectivity index (χ3v) is 7.52. The predicted molar refractivity (Wildman–Crippen MR) is 153 cm³/mol. The van der Waals surface area contributed by atoms with Gasteiger partial charge in [0.25, 0.3) is 0 Å². The second kappa shape index (κ2) is 12.5. The Bertz CT molecular complexity index is 1670. The van der Waals surface area contributed by atoms with E-state index in [9.17, 15) is 28.4 Å². The molecule has 4 amide bonds. The summed E-state index contributed by atoms with van der Waals surface area (Å²) in [5.41, 5.74) is 1.10. The van der Waals surface area contributed by atoms with Gasteiger partial charge in [-0.2, -0.15) is 5.26 Å². The molecule has 5 rings (SSSR count). The van der Waals surface area contributed by atoms with Crippen molar-refractivity contribution in [2.24, 2.45) is 0 Å². The Morgan fingerprint density at radius 3 is 2.79 bits per heavy atom. The van der Waals surface area contributed by atoms with Crippen LogP contribution in [-0.2, 0) is 9.53 Å². The summed E-state index contributed by atoms with van der Waals surface area (Å²) in [5.74, 6) is -1.73. The molecule has 222 valence electrons. The van der Waals surface area contributed by atoms with Crippen molar-refractivity contribution in [2.45, 2.75) is 37.8 Å². The summed E-state index contributed by atoms with van der Waals surface area (Å²) in [4.78, 5) is 47.0. The zero-order valence-electron chi connectivity index (χ0n) is 22.8. The van der Waals surface area contributed by atoms with Crippen molar-refractivity contribution in [1.29, 1.82) is 5.26 Å². The smallest absolute Gasteiger partial charge is 0.411 e. The number of hydrogen-bond donors (Lipinski definition) is 4. The topological polar surface area (TPSA) is 152 Å². The van der Waals surface area contributed by atoms with Crippen molar-refractivity contribution in [3.05, 3.63) is 76.2 Å². The van der Waals surface area contributed by atoms with Crippen molar-refractivity contribution in [2.75, 3.05) is 24.3 Å². The molecule has 14 heteroatoms. The maximum atomic E-state index is 14.7. The Hall–Kier alpha value is -4.96. The third kappa shape index (κ3) is 6.14. The molecular weight excluding hydrogens is 584 g/mol. The van der Waals surface area contributed by atoms with E-state index in [1.807, 2.05) is 6.08 Å². The van der Waals surface area contributed by atoms with E-state index in [0.29, 0.717) is 34.9 Å². The van der Waals surface area contributed by atoms with Gasteiger partial charge >= 0.3 is 12.1 Å². The largest absolute Gasteiger partial charge is 0.453 e. The molecule has 0 spiro atoms. The van der Waals surface area contributed by atoms with Gasteiger partial charge in [-0.05, 0) is 49.6 Å². The first kappa shape index (κ1) is 29.5. The normalized spacial score (nSPS) is 19.4. The molecule has 0 saturated carbocycles. The van der Waals surface area contributed by atoms with Gasteiger partial charge in [-0.25, -0.2) is 23.4 Å². The van der Waals surface area contributed by atoms with Gasteiger partial charge in [-0.15, -0.1) is 0 Å². The third-order valence-electron chi connectivity index (χ3n) is 7.22. The van der Waals surface area contributed by atoms with E-state index in [1.165, 1.54) is 18.1 Å². The van der Waals surface area contributed by atoms with Gasteiger partial charge < -0.3 is 25.3 Å². The maximum Gasteiger partial charge on any atom is 0.411 e. The Kier molecular flexibility index (Phi) is 8.58. The van der Waals surface area contributed by atoms with E-state index < -0.39 is 35.8 Å². The highest BCUT2D eigenvalue weighted by Crippen LogP contribution is 2.37. The predicted octanol–water partition coefficient (Wildman–Crippen LogP) is 5.93. The highest BCUT2D eigenvalue weighted by atomic mass is 35.5. The monoisotopic (exact) mass is 609 g/mol. The molecule has 2 aromatic carbocycles. The fourth-order valence-electron chi connectivity index (χ4n) is 5.14. The lowest BCUT2D eigenvalue weighted by atomic mass is 9.99. The molecule has 11 nitrogen and oxygen atoms in total. The van der Waals surface area contributed by atoms with Crippen molar-refractivity contribution in [3.63, 3.8) is 0 Å². The zero-order valence-corrected chi connectivity index (χ0v) is 23.6. The Morgan fingerprint density at radius 1 is 1.23 bits per heavy atom. The van der Waals surface area contributed by atoms with Crippen LogP contribution in [0, 0.1) is 23.0 Å². The number of benzene rings is 2. The summed E-state index contributed by atoms with van der Waals surface area (Å²) >= 11 is 5.87. The van der Waals surface area contributed by atoms with Crippen LogP contribution in [0.3, 0.4) is 0 Å². The van der Waals surface area contributed by atoms with Crippen LogP contribution >= 0.6 is 11.6 Å². The summed E-state index contributed by atoms with van der Waals surface area (Å²) in [6, 6.07) is 6.75. The number of imidazole rings is 1. The fraction of sp³-hybridized carbons (Fsp3) is 0.276. The number of halogens is 3. The minimum atomic E-state index is -0.939. The lowest BCUT2D eigenvalue weighted by molar-refractivity contribution is -0.116. The number of nitrogens with one attached hydrogen (secondary N) is 4. The van der Waals surface area contributed by atoms with Gasteiger partial charge in [0.2, 0.25) is 5.91 Å². The number of amides is 4. The number of nitriles is 1. The van der Waals surface area contributed by atoms with Gasteiger partial charge in [0.05, 0.1) is 35.6 Å². The lowest BCUT2D eigenvalue weighted by Crippen LogP contribution is -2.49. The average molecular weight is 610 g/mol. The van der Waals surface area contributed by atoms with E-state index in [0.717, 1.165) is 12.1 Å². The van der Waals surface area contributed by atoms with Crippen molar-refractivity contribution >= 4 is 41.0 Å². The van der Waals surface area contributed by atoms with E-state index in [4.69, 9.17) is 11.6 Å². The SMILES string of the molecule is COC(=O)Nc1ccc2c(c1)NC(=O)CC/C=C\C[C@H](N1CC[C@@H](c3c(F)ccc(Cl)c3F)NC1=O)c1nc(C#N)c-2[nH]1. The molecule has 1 fully saturated rings. The summed E-state index contributed by atoms with van der Waals surface area (Å²) in [6.45, 7) is 0.123. The Labute approximate surface area is 249 Å². The first-order valence-corrected chi connectivity index (χ1v) is 13.7. The maximum absolute atomic E-state index is 14.7. The van der Waals surface area contributed by atoms with Gasteiger partial charge in [-0.3, -0.25) is 10.1 Å². The lowest BCUT2D eigenvalue weighted by Gasteiger charge is -2.37. The number of fused-ring (bicyclic) bond motifs is 4. The van der Waals surface area contributed by atoms with Crippen LogP contribution in [0.2, 0.25) is 5.02 Å². The number of allylic oxidation sites excluding steroid dienone is 1. The molecule has 2 aliphatic rings. The Morgan fingerprint density at radius 2 is 2.05 bits per heavy atom. The number of aromatic nitrogens is 2. The molecule has 0 unspecified atom stereocenters. The molecule has 2 atom stereocenters. The first-order valence-electron chi connectivity index (χ1n) is 13.3. The van der Waals surface area contributed by atoms with Crippen LogP contribution in [0.1, 0.15) is 54.8 Å². The van der Waals surface area contributed by atoms with Crippen LogP contribution < -0.4 is 16.0 Å². The fourth-order valence-corrected chi connectivity index (χ4v) is 5.31. The summed E-state index contributed by atoms with van der Waals surface area (Å²) in [5, 5.41) is 17.8. The number of nitrogens with zero attached hydrogens (tertiary/aromatic N) is 3. The van der Waals surface area contributed by atoms with Crippen LogP contribution in [0.15, 0.2) is 42.5 Å². The second-order valence-corrected chi connectivity index (χ2v) is 10.3. The van der Waals surface area contributed by atoms with Gasteiger partial charge in [0, 0.05) is 29.8 Å². The number of anilines is 2. The highest BCUT2D eigenvalue weighted by molar-refractivity contribution is 6.30. The molecule has 0 aliphatic carbocycles. The summed E-state index contributed by atoms with van der Waals surface area (Å²) < 4.78 is 33.9. The quantitative estimate of drug-likeness (QED) is 0.213. The minimum Gasteiger partial charge on any atom is -0.453 e. The molecule has 3 aromatic rings. The van der Waals surface area contributed by atoms with Crippen LogP contribution in [-0.4, -0.2) is 46.6 Å². The number of aromatic amines is 1. The molecule has 43 heavy (non-hydrogen) atoms. The number of urea groups is 1. The molecule has 3 heterocycles. The van der Waals surface area contributed by atoms with Crippen LogP contribution in [0.25, 0.3) is 11.3 Å². The highest BCUT2D eigenvalue weighted by Gasteiger charge is 2.36. The molecule has 2 aliphatic heterocycles. The average Bonchev–Trinajstić information content (AvgIpc) is 3.41. The molecule has 1 aromatic heterocycles. The number of H-pyrrole nitrogens is 1. The molecule has 1 saturated heterocycles. The molecule has 2 bridgehead atoms. The number of ether oxygens (including phenoxy) is 1. The second-order valence-electron chi connectivity index (χ2n) is 9.89. The van der Waals surface area contributed by atoms with Crippen molar-refractivity contribution in [3.8, 4) is 17.3 Å². The minimum absolute atomic E-state index is 0.0172. The Balaban J connectivity index is 1.51. The first-order chi connectivity index (χ1) is 20.7. The van der Waals surface area contributed by atoms with E-state index in [1.54, 1.807) is 18.2 Å². The standard InChI is InChI=1S/C29H26ClF2N7O4/c1-43-29(42)34-15-7-8-16-20(13-15)35-23(40)6-4-2-3-5-22(27-36-21(14-33)26(16)38-27)39-12-11-19(37-28(39)41)24-18(31)10-9-17(30)25(24)32/h2-3,7-10,13,19,22H,4-6,11-12H2,1H3,(H,34,42)(H,35,40)(H,36,38)(H,37,41)/b3-2-/t19-,22-/m0/s1. The number of rotatable bonds is 3. The summed E-state index contributed by atoms with van der Waals surface area (Å²) in [7, 11) is 1.22. The van der Waals surface area contributed by atoms with Crippen LogP contribution in [0.5, 0.6) is 0 Å². The van der Waals surface area contributed by atoms with Gasteiger partial charge in [-0.1, -0.05) is 23.8 Å². The number of carbonyl (C=O) groups excluding carboxylic acids is 3. The summed E-state index contributed by atoms with van der Waals surface area (Å²) in [6.07, 6.45) is 3.93. The van der Waals surface area contributed by atoms with Gasteiger partial charge in [0.1, 0.15) is 23.5 Å². The van der Waals surface area contributed by atoms with E-state index in [-0.39, 0.29) is 48.0 Å². The van der Waals surface area contributed by atoms with Crippen molar-refractivity contribution < 1.29 is 27.9 Å². The molecule has 4 N–H and O–H groups in total.